The van der Waals surface area contributed by atoms with E-state index >= 15 is 0 Å². The molecule has 0 spiro atoms. The van der Waals surface area contributed by atoms with Gasteiger partial charge in [-0.1, -0.05) is 6.92 Å². The molecule has 1 aromatic rings. The molecule has 0 unspecified atom stereocenters. The molecule has 0 bridgehead atoms. The van der Waals surface area contributed by atoms with E-state index in [9.17, 15) is 0 Å². The Kier molecular flexibility index (Phi) is 6.38. The first-order valence-electron chi connectivity index (χ1n) is 8.03. The number of guanidine groups is 1. The van der Waals surface area contributed by atoms with Crippen molar-refractivity contribution in [2.24, 2.45) is 16.6 Å². The molecule has 6 heteroatoms. The van der Waals surface area contributed by atoms with Crippen molar-refractivity contribution in [3.05, 3.63) is 18.2 Å². The maximum absolute atomic E-state index is 6.04. The van der Waals surface area contributed by atoms with E-state index < -0.39 is 0 Å². The van der Waals surface area contributed by atoms with Crippen molar-refractivity contribution in [1.29, 1.82) is 0 Å². The van der Waals surface area contributed by atoms with Crippen LogP contribution in [0.1, 0.15) is 19.8 Å². The van der Waals surface area contributed by atoms with E-state index in [0.717, 1.165) is 19.0 Å². The number of benzene rings is 1. The molecule has 23 heavy (non-hydrogen) atoms. The van der Waals surface area contributed by atoms with E-state index in [4.69, 9.17) is 19.9 Å². The predicted octanol–water partition coefficient (Wildman–Crippen LogP) is 2.13. The zero-order valence-electron chi connectivity index (χ0n) is 14.2. The Bertz CT molecular complexity index is 504. The molecule has 0 amide bonds. The van der Waals surface area contributed by atoms with Gasteiger partial charge >= 0.3 is 0 Å². The fourth-order valence-electron chi connectivity index (χ4n) is 2.53. The third-order valence-electron chi connectivity index (χ3n) is 4.07. The van der Waals surface area contributed by atoms with Gasteiger partial charge in [0.25, 0.3) is 0 Å². The molecule has 1 aliphatic rings. The third-order valence-corrected chi connectivity index (χ3v) is 4.07. The van der Waals surface area contributed by atoms with Crippen LogP contribution in [0.5, 0.6) is 17.2 Å². The second-order valence-corrected chi connectivity index (χ2v) is 5.81. The predicted molar refractivity (Wildman–Crippen MR) is 91.5 cm³/mol. The van der Waals surface area contributed by atoms with Crippen LogP contribution in [0.2, 0.25) is 0 Å². The summed E-state index contributed by atoms with van der Waals surface area (Å²) >= 11 is 0. The number of nitrogens with zero attached hydrogens (tertiary/aromatic N) is 2. The average molecular weight is 321 g/mol. The standard InChI is InChI=1S/C17H27N3O3/c1-13-4-7-20(8-5-13)17(18)19-6-9-23-16-11-14(21-2)10-15(12-16)22-3/h10-13H,4-9H2,1-3H3,(H2,18,19). The monoisotopic (exact) mass is 321 g/mol. The molecule has 0 aromatic heterocycles. The summed E-state index contributed by atoms with van der Waals surface area (Å²) in [7, 11) is 3.23. The Hall–Kier alpha value is -2.11. The number of rotatable bonds is 6. The molecular weight excluding hydrogens is 294 g/mol. The van der Waals surface area contributed by atoms with Gasteiger partial charge in [-0.2, -0.15) is 0 Å². The molecule has 2 N–H and O–H groups in total. The van der Waals surface area contributed by atoms with Crippen molar-refractivity contribution in [2.45, 2.75) is 19.8 Å². The van der Waals surface area contributed by atoms with Crippen molar-refractivity contribution in [3.8, 4) is 17.2 Å². The van der Waals surface area contributed by atoms with Crippen LogP contribution in [0, 0.1) is 5.92 Å². The van der Waals surface area contributed by atoms with Crippen LogP contribution < -0.4 is 19.9 Å². The van der Waals surface area contributed by atoms with Gasteiger partial charge in [-0.3, -0.25) is 0 Å². The minimum Gasteiger partial charge on any atom is -0.496 e. The second-order valence-electron chi connectivity index (χ2n) is 5.81. The number of methoxy groups -OCH3 is 2. The van der Waals surface area contributed by atoms with Gasteiger partial charge in [-0.15, -0.1) is 0 Å². The van der Waals surface area contributed by atoms with Gasteiger partial charge in [0.05, 0.1) is 20.8 Å². The number of ether oxygens (including phenoxy) is 3. The SMILES string of the molecule is COc1cc(OC)cc(OCCN=C(N)N2CCC(C)CC2)c1. The van der Waals surface area contributed by atoms with Crippen LogP contribution in [0.3, 0.4) is 0 Å². The fraction of sp³-hybridized carbons (Fsp3) is 0.588. The topological polar surface area (TPSA) is 69.3 Å². The Balaban J connectivity index is 1.81. The van der Waals surface area contributed by atoms with Crippen molar-refractivity contribution in [3.63, 3.8) is 0 Å². The maximum Gasteiger partial charge on any atom is 0.191 e. The molecule has 0 saturated carbocycles. The van der Waals surface area contributed by atoms with Gasteiger partial charge in [0, 0.05) is 31.3 Å². The highest BCUT2D eigenvalue weighted by Crippen LogP contribution is 2.27. The highest BCUT2D eigenvalue weighted by Gasteiger charge is 2.16. The van der Waals surface area contributed by atoms with Crippen molar-refractivity contribution in [2.75, 3.05) is 40.5 Å². The Morgan fingerprint density at radius 2 is 1.70 bits per heavy atom. The highest BCUT2D eigenvalue weighted by molar-refractivity contribution is 5.78. The van der Waals surface area contributed by atoms with E-state index in [1.54, 1.807) is 20.3 Å². The lowest BCUT2D eigenvalue weighted by Gasteiger charge is -2.31. The zero-order chi connectivity index (χ0) is 16.7. The molecule has 2 rings (SSSR count). The molecular formula is C17H27N3O3. The molecule has 1 aliphatic heterocycles. The first kappa shape index (κ1) is 17.2. The summed E-state index contributed by atoms with van der Waals surface area (Å²) in [6, 6.07) is 5.45. The van der Waals surface area contributed by atoms with Crippen molar-refractivity contribution in [1.82, 2.24) is 4.90 Å². The Morgan fingerprint density at radius 1 is 1.13 bits per heavy atom. The van der Waals surface area contributed by atoms with Crippen LogP contribution in [0.15, 0.2) is 23.2 Å². The summed E-state index contributed by atoms with van der Waals surface area (Å²) in [6.45, 7) is 5.24. The van der Waals surface area contributed by atoms with Gasteiger partial charge < -0.3 is 24.8 Å². The van der Waals surface area contributed by atoms with Gasteiger partial charge in [0.1, 0.15) is 23.9 Å². The summed E-state index contributed by atoms with van der Waals surface area (Å²) in [6.07, 6.45) is 2.35. The quantitative estimate of drug-likeness (QED) is 0.494. The van der Waals surface area contributed by atoms with Crippen LogP contribution >= 0.6 is 0 Å². The zero-order valence-corrected chi connectivity index (χ0v) is 14.2. The molecule has 0 radical (unpaired) electrons. The van der Waals surface area contributed by atoms with Crippen LogP contribution in [-0.2, 0) is 0 Å². The average Bonchev–Trinajstić information content (AvgIpc) is 2.58. The lowest BCUT2D eigenvalue weighted by molar-refractivity contribution is 0.276. The lowest BCUT2D eigenvalue weighted by atomic mass is 10.00. The Labute approximate surface area is 138 Å². The van der Waals surface area contributed by atoms with Crippen LogP contribution in [0.25, 0.3) is 0 Å². The minimum atomic E-state index is 0.460. The highest BCUT2D eigenvalue weighted by atomic mass is 16.5. The first-order chi connectivity index (χ1) is 11.1. The molecule has 1 fully saturated rings. The largest absolute Gasteiger partial charge is 0.496 e. The molecule has 0 aliphatic carbocycles. The summed E-state index contributed by atoms with van der Waals surface area (Å²) in [5, 5.41) is 0. The van der Waals surface area contributed by atoms with Gasteiger partial charge in [-0.05, 0) is 18.8 Å². The fourth-order valence-corrected chi connectivity index (χ4v) is 2.53. The number of hydrogen-bond acceptors (Lipinski definition) is 4. The van der Waals surface area contributed by atoms with Crippen LogP contribution in [-0.4, -0.2) is 51.3 Å². The molecule has 128 valence electrons. The molecule has 1 heterocycles. The summed E-state index contributed by atoms with van der Waals surface area (Å²) in [5.41, 5.74) is 6.04. The van der Waals surface area contributed by atoms with E-state index in [1.165, 1.54) is 12.8 Å². The number of aliphatic imine (C=N–C) groups is 1. The van der Waals surface area contributed by atoms with Gasteiger partial charge in [-0.25, -0.2) is 4.99 Å². The number of hydrogen-bond donors (Lipinski definition) is 1. The summed E-state index contributed by atoms with van der Waals surface area (Å²) in [5.74, 6) is 3.49. The minimum absolute atomic E-state index is 0.460. The third kappa shape index (κ3) is 5.23. The number of likely N-dealkylation sites (tertiary alicyclic amines) is 1. The molecule has 6 nitrogen and oxygen atoms in total. The molecule has 1 saturated heterocycles. The van der Waals surface area contributed by atoms with E-state index in [1.807, 2.05) is 12.1 Å². The van der Waals surface area contributed by atoms with E-state index in [0.29, 0.717) is 36.4 Å². The normalized spacial score (nSPS) is 16.3. The number of piperidine rings is 1. The van der Waals surface area contributed by atoms with E-state index in [-0.39, 0.29) is 0 Å². The summed E-state index contributed by atoms with van der Waals surface area (Å²) in [4.78, 5) is 6.55. The number of nitrogens with two attached hydrogens (primary N) is 1. The molecule has 1 aromatic carbocycles. The van der Waals surface area contributed by atoms with Crippen molar-refractivity contribution >= 4 is 5.96 Å². The maximum atomic E-state index is 6.04. The Morgan fingerprint density at radius 3 is 2.26 bits per heavy atom. The van der Waals surface area contributed by atoms with Crippen LogP contribution in [0.4, 0.5) is 0 Å². The van der Waals surface area contributed by atoms with Crippen molar-refractivity contribution < 1.29 is 14.2 Å². The molecule has 0 atom stereocenters. The second kappa shape index (κ2) is 8.50. The van der Waals surface area contributed by atoms with E-state index in [2.05, 4.69) is 16.8 Å². The summed E-state index contributed by atoms with van der Waals surface area (Å²) < 4.78 is 16.1. The lowest BCUT2D eigenvalue weighted by Crippen LogP contribution is -2.42. The van der Waals surface area contributed by atoms with Gasteiger partial charge in [0.2, 0.25) is 0 Å². The first-order valence-corrected chi connectivity index (χ1v) is 8.03. The smallest absolute Gasteiger partial charge is 0.191 e. The van der Waals surface area contributed by atoms with Gasteiger partial charge in [0.15, 0.2) is 5.96 Å².